The van der Waals surface area contributed by atoms with Gasteiger partial charge in [-0.15, -0.1) is 0 Å². The summed E-state index contributed by atoms with van der Waals surface area (Å²) in [6, 6.07) is 0. The quantitative estimate of drug-likeness (QED) is 0.522. The number of ether oxygens (including phenoxy) is 1. The molecule has 26 heavy (non-hydrogen) atoms. The summed E-state index contributed by atoms with van der Waals surface area (Å²) in [4.78, 5) is 31.2. The van der Waals surface area contributed by atoms with Crippen molar-refractivity contribution in [3.63, 3.8) is 0 Å². The summed E-state index contributed by atoms with van der Waals surface area (Å²) >= 11 is 1.19. The van der Waals surface area contributed by atoms with Crippen LogP contribution in [-0.2, 0) is 16.6 Å². The van der Waals surface area contributed by atoms with E-state index < -0.39 is 5.97 Å². The normalized spacial score (nSPS) is 11.1. The summed E-state index contributed by atoms with van der Waals surface area (Å²) in [7, 11) is 1.82. The third-order valence-corrected chi connectivity index (χ3v) is 4.78. The molecule has 0 aromatic carbocycles. The lowest BCUT2D eigenvalue weighted by molar-refractivity contribution is -0.114. The van der Waals surface area contributed by atoms with Crippen molar-refractivity contribution in [3.05, 3.63) is 34.6 Å². The molecule has 0 unspecified atom stereocenters. The Morgan fingerprint density at radius 2 is 2.15 bits per heavy atom. The monoisotopic (exact) mass is 376 g/mol. The first kappa shape index (κ1) is 19.8. The zero-order valence-corrected chi connectivity index (χ0v) is 16.4. The molecular formula is C18H24N4O3S. The molecular weight excluding hydrogens is 352 g/mol. The molecule has 0 spiro atoms. The van der Waals surface area contributed by atoms with Crippen molar-refractivity contribution in [2.75, 3.05) is 18.1 Å². The van der Waals surface area contributed by atoms with Crippen LogP contribution in [0.2, 0.25) is 0 Å². The van der Waals surface area contributed by atoms with E-state index in [1.165, 1.54) is 17.4 Å². The highest BCUT2D eigenvalue weighted by molar-refractivity contribution is 7.17. The molecule has 0 atom stereocenters. The number of carbonyl (C=O) groups excluding carboxylic acids is 2. The second kappa shape index (κ2) is 9.28. The molecule has 0 radical (unpaired) electrons. The third-order valence-electron chi connectivity index (χ3n) is 3.62. The number of carbonyl (C=O) groups is 2. The Hall–Kier alpha value is -2.48. The first-order valence-corrected chi connectivity index (χ1v) is 9.40. The Morgan fingerprint density at radius 1 is 1.38 bits per heavy atom. The first-order chi connectivity index (χ1) is 12.5. The SMILES string of the molecule is CCCCN(C(=O)C=Cc1cnn(C)c1)c1nc(C)c(C(=O)OCC)s1. The summed E-state index contributed by atoms with van der Waals surface area (Å²) in [5, 5.41) is 4.59. The average Bonchev–Trinajstić information content (AvgIpc) is 3.19. The standard InChI is InChI=1S/C18H24N4O3S/c1-5-7-10-22(15(23)9-8-14-11-19-21(4)12-14)18-20-13(3)16(26-18)17(24)25-6-2/h8-9,11-12H,5-7,10H2,1-4H3. The van der Waals surface area contributed by atoms with Crippen molar-refractivity contribution >= 4 is 34.4 Å². The van der Waals surface area contributed by atoms with Gasteiger partial charge < -0.3 is 4.74 Å². The maximum absolute atomic E-state index is 12.7. The van der Waals surface area contributed by atoms with E-state index in [1.54, 1.807) is 35.7 Å². The van der Waals surface area contributed by atoms with Crippen LogP contribution in [0.25, 0.3) is 6.08 Å². The van der Waals surface area contributed by atoms with E-state index in [0.29, 0.717) is 28.9 Å². The van der Waals surface area contributed by atoms with Crippen molar-refractivity contribution < 1.29 is 14.3 Å². The molecule has 2 heterocycles. The van der Waals surface area contributed by atoms with Crippen LogP contribution in [0.1, 0.15) is 47.6 Å². The Balaban J connectivity index is 2.23. The van der Waals surface area contributed by atoms with Crippen molar-refractivity contribution in [2.45, 2.75) is 33.6 Å². The molecule has 0 N–H and O–H groups in total. The van der Waals surface area contributed by atoms with Crippen LogP contribution in [0.4, 0.5) is 5.13 Å². The lowest BCUT2D eigenvalue weighted by atomic mass is 10.3. The number of nitrogens with zero attached hydrogens (tertiary/aromatic N) is 4. The lowest BCUT2D eigenvalue weighted by Crippen LogP contribution is -2.30. The highest BCUT2D eigenvalue weighted by Gasteiger charge is 2.22. The molecule has 0 fully saturated rings. The molecule has 7 nitrogen and oxygen atoms in total. The van der Waals surface area contributed by atoms with Gasteiger partial charge in [-0.05, 0) is 26.3 Å². The van der Waals surface area contributed by atoms with Crippen molar-refractivity contribution in [1.29, 1.82) is 0 Å². The Bertz CT molecular complexity index is 794. The zero-order valence-electron chi connectivity index (χ0n) is 15.6. The highest BCUT2D eigenvalue weighted by Crippen LogP contribution is 2.27. The number of hydrogen-bond donors (Lipinski definition) is 0. The van der Waals surface area contributed by atoms with Gasteiger partial charge >= 0.3 is 5.97 Å². The first-order valence-electron chi connectivity index (χ1n) is 8.59. The fourth-order valence-corrected chi connectivity index (χ4v) is 3.28. The Kier molecular flexibility index (Phi) is 7.08. The van der Waals surface area contributed by atoms with Crippen LogP contribution in [0.15, 0.2) is 18.5 Å². The molecule has 0 aliphatic rings. The third kappa shape index (κ3) is 5.01. The largest absolute Gasteiger partial charge is 0.462 e. The maximum Gasteiger partial charge on any atom is 0.350 e. The van der Waals surface area contributed by atoms with E-state index in [0.717, 1.165) is 18.4 Å². The molecule has 2 rings (SSSR count). The fraction of sp³-hybridized carbons (Fsp3) is 0.444. The molecule has 0 saturated carbocycles. The van der Waals surface area contributed by atoms with Crippen LogP contribution in [-0.4, -0.2) is 39.8 Å². The summed E-state index contributed by atoms with van der Waals surface area (Å²) in [6.07, 6.45) is 8.54. The number of aromatic nitrogens is 3. The van der Waals surface area contributed by atoms with Gasteiger partial charge in [-0.2, -0.15) is 5.10 Å². The minimum atomic E-state index is -0.400. The number of aryl methyl sites for hydroxylation is 2. The van der Waals surface area contributed by atoms with Gasteiger partial charge in [0.1, 0.15) is 4.88 Å². The fourth-order valence-electron chi connectivity index (χ4n) is 2.28. The highest BCUT2D eigenvalue weighted by atomic mass is 32.1. The Morgan fingerprint density at radius 3 is 2.77 bits per heavy atom. The Labute approximate surface area is 157 Å². The molecule has 2 aromatic heterocycles. The van der Waals surface area contributed by atoms with E-state index in [1.807, 2.05) is 13.2 Å². The van der Waals surface area contributed by atoms with Crippen molar-refractivity contribution in [2.24, 2.45) is 7.05 Å². The summed E-state index contributed by atoms with van der Waals surface area (Å²) in [6.45, 7) is 6.42. The number of anilines is 1. The molecule has 2 aromatic rings. The van der Waals surface area contributed by atoms with Crippen LogP contribution >= 0.6 is 11.3 Å². The molecule has 0 bridgehead atoms. The molecule has 1 amide bonds. The second-order valence-corrected chi connectivity index (χ2v) is 6.73. The van der Waals surface area contributed by atoms with Gasteiger partial charge in [-0.1, -0.05) is 24.7 Å². The summed E-state index contributed by atoms with van der Waals surface area (Å²) in [5.41, 5.74) is 1.42. The zero-order chi connectivity index (χ0) is 19.1. The predicted octanol–water partition coefficient (Wildman–Crippen LogP) is 3.21. The van der Waals surface area contributed by atoms with Crippen molar-refractivity contribution in [3.8, 4) is 0 Å². The lowest BCUT2D eigenvalue weighted by Gasteiger charge is -2.17. The van der Waals surface area contributed by atoms with Crippen molar-refractivity contribution in [1.82, 2.24) is 14.8 Å². The van der Waals surface area contributed by atoms with Gasteiger partial charge in [0.25, 0.3) is 5.91 Å². The van der Waals surface area contributed by atoms with E-state index in [4.69, 9.17) is 4.74 Å². The number of amides is 1. The topological polar surface area (TPSA) is 77.3 Å². The van der Waals surface area contributed by atoms with E-state index in [-0.39, 0.29) is 5.91 Å². The van der Waals surface area contributed by atoms with Gasteiger partial charge in [-0.3, -0.25) is 14.4 Å². The molecule has 0 saturated heterocycles. The van der Waals surface area contributed by atoms with E-state index >= 15 is 0 Å². The smallest absolute Gasteiger partial charge is 0.350 e. The number of esters is 1. The average molecular weight is 376 g/mol. The number of rotatable bonds is 8. The summed E-state index contributed by atoms with van der Waals surface area (Å²) in [5.74, 6) is -0.575. The van der Waals surface area contributed by atoms with Gasteiger partial charge in [0, 0.05) is 31.4 Å². The van der Waals surface area contributed by atoms with E-state index in [9.17, 15) is 9.59 Å². The molecule has 140 valence electrons. The minimum Gasteiger partial charge on any atom is -0.462 e. The van der Waals surface area contributed by atoms with Gasteiger partial charge in [0.15, 0.2) is 5.13 Å². The predicted molar refractivity (Wildman–Crippen MR) is 102 cm³/mol. The number of thiazole rings is 1. The van der Waals surface area contributed by atoms with Crippen LogP contribution in [0.3, 0.4) is 0 Å². The van der Waals surface area contributed by atoms with Gasteiger partial charge in [0.05, 0.1) is 18.5 Å². The second-order valence-electron chi connectivity index (χ2n) is 5.76. The number of unbranched alkanes of at least 4 members (excludes halogenated alkanes) is 1. The minimum absolute atomic E-state index is 0.175. The maximum atomic E-state index is 12.7. The van der Waals surface area contributed by atoms with Gasteiger partial charge in [-0.25, -0.2) is 9.78 Å². The number of hydrogen-bond acceptors (Lipinski definition) is 6. The molecule has 8 heteroatoms. The van der Waals surface area contributed by atoms with Gasteiger partial charge in [0.2, 0.25) is 0 Å². The van der Waals surface area contributed by atoms with Crippen LogP contribution in [0.5, 0.6) is 0 Å². The van der Waals surface area contributed by atoms with E-state index in [2.05, 4.69) is 17.0 Å². The molecule has 0 aliphatic carbocycles. The van der Waals surface area contributed by atoms with Crippen LogP contribution < -0.4 is 4.90 Å². The molecule has 0 aliphatic heterocycles. The summed E-state index contributed by atoms with van der Waals surface area (Å²) < 4.78 is 6.73. The van der Waals surface area contributed by atoms with Crippen LogP contribution in [0, 0.1) is 6.92 Å².